The van der Waals surface area contributed by atoms with Gasteiger partial charge in [-0.05, 0) is 19.8 Å². The molecule has 1 aromatic heterocycles. The molecule has 0 unspecified atom stereocenters. The van der Waals surface area contributed by atoms with E-state index in [1.807, 2.05) is 6.20 Å². The second-order valence-corrected chi connectivity index (χ2v) is 4.58. The molecule has 0 aromatic carbocycles. The van der Waals surface area contributed by atoms with Crippen LogP contribution in [0.15, 0.2) is 6.20 Å². The Morgan fingerprint density at radius 2 is 2.00 bits per heavy atom. The molecule has 0 fully saturated rings. The molecule has 0 radical (unpaired) electrons. The van der Waals surface area contributed by atoms with Crippen molar-refractivity contribution in [2.75, 3.05) is 5.32 Å². The van der Waals surface area contributed by atoms with E-state index in [-0.39, 0.29) is 0 Å². The molecule has 1 N–H and O–H groups in total. The Bertz CT molecular complexity index is 240. The third-order valence-corrected chi connectivity index (χ3v) is 2.73. The molecule has 1 rings (SSSR count). The number of thiazole rings is 1. The van der Waals surface area contributed by atoms with Crippen molar-refractivity contribution < 1.29 is 0 Å². The van der Waals surface area contributed by atoms with Crippen molar-refractivity contribution in [3.8, 4) is 0 Å². The molecule has 0 atom stereocenters. The summed E-state index contributed by atoms with van der Waals surface area (Å²) in [4.78, 5) is 5.63. The lowest BCUT2D eigenvalue weighted by Crippen LogP contribution is -2.08. The van der Waals surface area contributed by atoms with Crippen LogP contribution in [0.25, 0.3) is 0 Å². The summed E-state index contributed by atoms with van der Waals surface area (Å²) in [7, 11) is 0. The summed E-state index contributed by atoms with van der Waals surface area (Å²) >= 11 is 1.75. The highest BCUT2D eigenvalue weighted by Crippen LogP contribution is 2.25. The fourth-order valence-electron chi connectivity index (χ4n) is 0.867. The smallest absolute Gasteiger partial charge is 0.183 e. The molecule has 0 saturated heterocycles. The van der Waals surface area contributed by atoms with Gasteiger partial charge in [-0.2, -0.15) is 0 Å². The summed E-state index contributed by atoms with van der Waals surface area (Å²) in [6, 6.07) is 0.469. The maximum Gasteiger partial charge on any atom is 0.183 e. The molecule has 0 aliphatic heterocycles. The Morgan fingerprint density at radius 1 is 1.33 bits per heavy atom. The highest BCUT2D eigenvalue weighted by atomic mass is 32.1. The van der Waals surface area contributed by atoms with Gasteiger partial charge in [0.05, 0.1) is 0 Å². The third kappa shape index (κ3) is 2.48. The predicted molar refractivity (Wildman–Crippen MR) is 55.0 cm³/mol. The van der Waals surface area contributed by atoms with Gasteiger partial charge in [0.15, 0.2) is 5.13 Å². The minimum atomic E-state index is 0.469. The summed E-state index contributed by atoms with van der Waals surface area (Å²) in [5.74, 6) is 0.588. The number of hydrogen-bond acceptors (Lipinski definition) is 3. The van der Waals surface area contributed by atoms with E-state index in [0.29, 0.717) is 12.0 Å². The normalized spacial score (nSPS) is 11.2. The summed E-state index contributed by atoms with van der Waals surface area (Å²) in [6.45, 7) is 8.62. The standard InChI is InChI=1S/C9H16N2S/c1-6(2)8-5-10-9(12-8)11-7(3)4/h5-7H,1-4H3,(H,10,11). The van der Waals surface area contributed by atoms with Crippen LogP contribution in [-0.2, 0) is 0 Å². The quantitative estimate of drug-likeness (QED) is 0.781. The number of hydrogen-bond donors (Lipinski definition) is 1. The lowest BCUT2D eigenvalue weighted by atomic mass is 10.2. The topological polar surface area (TPSA) is 24.9 Å². The monoisotopic (exact) mass is 184 g/mol. The van der Waals surface area contributed by atoms with Crippen molar-refractivity contribution in [2.45, 2.75) is 39.7 Å². The fourth-order valence-corrected chi connectivity index (χ4v) is 1.83. The summed E-state index contributed by atoms with van der Waals surface area (Å²) in [5, 5.41) is 4.32. The average Bonchev–Trinajstić information content (AvgIpc) is 2.34. The van der Waals surface area contributed by atoms with Gasteiger partial charge >= 0.3 is 0 Å². The highest BCUT2D eigenvalue weighted by Gasteiger charge is 2.05. The van der Waals surface area contributed by atoms with Crippen molar-refractivity contribution in [1.82, 2.24) is 4.98 Å². The maximum atomic E-state index is 4.28. The van der Waals surface area contributed by atoms with Gasteiger partial charge in [0.2, 0.25) is 0 Å². The van der Waals surface area contributed by atoms with Gasteiger partial charge < -0.3 is 5.32 Å². The SMILES string of the molecule is CC(C)Nc1ncc(C(C)C)s1. The van der Waals surface area contributed by atoms with Gasteiger partial charge in [-0.1, -0.05) is 13.8 Å². The van der Waals surface area contributed by atoms with E-state index in [1.165, 1.54) is 4.88 Å². The molecule has 3 heteroatoms. The molecule has 0 aliphatic carbocycles. The lowest BCUT2D eigenvalue weighted by molar-refractivity contribution is 0.884. The Labute approximate surface area is 78.0 Å². The molecular weight excluding hydrogens is 168 g/mol. The predicted octanol–water partition coefficient (Wildman–Crippen LogP) is 3.09. The van der Waals surface area contributed by atoms with Crippen molar-refractivity contribution in [2.24, 2.45) is 0 Å². The minimum absolute atomic E-state index is 0.469. The zero-order valence-electron chi connectivity index (χ0n) is 8.09. The van der Waals surface area contributed by atoms with Crippen molar-refractivity contribution >= 4 is 16.5 Å². The third-order valence-electron chi connectivity index (χ3n) is 1.50. The first-order valence-corrected chi connectivity index (χ1v) is 5.13. The largest absolute Gasteiger partial charge is 0.359 e. The molecule has 68 valence electrons. The fraction of sp³-hybridized carbons (Fsp3) is 0.667. The van der Waals surface area contributed by atoms with Gasteiger partial charge in [-0.3, -0.25) is 0 Å². The molecular formula is C9H16N2S. The second kappa shape index (κ2) is 3.90. The van der Waals surface area contributed by atoms with Crippen LogP contribution in [0.5, 0.6) is 0 Å². The van der Waals surface area contributed by atoms with E-state index < -0.39 is 0 Å². The first-order valence-electron chi connectivity index (χ1n) is 4.32. The summed E-state index contributed by atoms with van der Waals surface area (Å²) in [5.41, 5.74) is 0. The molecule has 0 saturated carbocycles. The van der Waals surface area contributed by atoms with Crippen LogP contribution in [0.4, 0.5) is 5.13 Å². The molecule has 0 bridgehead atoms. The second-order valence-electron chi connectivity index (χ2n) is 3.52. The van der Waals surface area contributed by atoms with Crippen LogP contribution in [0.1, 0.15) is 38.5 Å². The van der Waals surface area contributed by atoms with Crippen LogP contribution in [0.2, 0.25) is 0 Å². The number of aromatic nitrogens is 1. The van der Waals surface area contributed by atoms with E-state index in [4.69, 9.17) is 0 Å². The Morgan fingerprint density at radius 3 is 2.42 bits per heavy atom. The van der Waals surface area contributed by atoms with Gasteiger partial charge in [0, 0.05) is 17.1 Å². The Kier molecular flexibility index (Phi) is 3.09. The Balaban J connectivity index is 2.64. The minimum Gasteiger partial charge on any atom is -0.359 e. The van der Waals surface area contributed by atoms with Gasteiger partial charge in [-0.25, -0.2) is 4.98 Å². The zero-order valence-corrected chi connectivity index (χ0v) is 8.90. The van der Waals surface area contributed by atoms with Crippen molar-refractivity contribution in [1.29, 1.82) is 0 Å². The Hall–Kier alpha value is -0.570. The number of nitrogens with zero attached hydrogens (tertiary/aromatic N) is 1. The highest BCUT2D eigenvalue weighted by molar-refractivity contribution is 7.15. The van der Waals surface area contributed by atoms with Gasteiger partial charge in [-0.15, -0.1) is 11.3 Å². The molecule has 1 heterocycles. The van der Waals surface area contributed by atoms with Crippen molar-refractivity contribution in [3.05, 3.63) is 11.1 Å². The summed E-state index contributed by atoms with van der Waals surface area (Å²) in [6.07, 6.45) is 1.96. The zero-order chi connectivity index (χ0) is 9.14. The van der Waals surface area contributed by atoms with Crippen LogP contribution in [0, 0.1) is 0 Å². The number of rotatable bonds is 3. The van der Waals surface area contributed by atoms with Crippen LogP contribution < -0.4 is 5.32 Å². The van der Waals surface area contributed by atoms with E-state index in [9.17, 15) is 0 Å². The first kappa shape index (κ1) is 9.52. The van der Waals surface area contributed by atoms with E-state index in [0.717, 1.165) is 5.13 Å². The van der Waals surface area contributed by atoms with E-state index >= 15 is 0 Å². The molecule has 0 amide bonds. The molecule has 2 nitrogen and oxygen atoms in total. The van der Waals surface area contributed by atoms with Crippen molar-refractivity contribution in [3.63, 3.8) is 0 Å². The van der Waals surface area contributed by atoms with Crippen LogP contribution >= 0.6 is 11.3 Å². The molecule has 0 spiro atoms. The van der Waals surface area contributed by atoms with Crippen LogP contribution in [-0.4, -0.2) is 11.0 Å². The molecule has 1 aromatic rings. The van der Waals surface area contributed by atoms with Crippen LogP contribution in [0.3, 0.4) is 0 Å². The van der Waals surface area contributed by atoms with Gasteiger partial charge in [0.25, 0.3) is 0 Å². The lowest BCUT2D eigenvalue weighted by Gasteiger charge is -2.04. The van der Waals surface area contributed by atoms with E-state index in [1.54, 1.807) is 11.3 Å². The summed E-state index contributed by atoms with van der Waals surface area (Å²) < 4.78 is 0. The number of nitrogens with one attached hydrogen (secondary N) is 1. The maximum absolute atomic E-state index is 4.28. The first-order chi connectivity index (χ1) is 5.59. The molecule has 0 aliphatic rings. The van der Waals surface area contributed by atoms with E-state index in [2.05, 4.69) is 38.0 Å². The average molecular weight is 184 g/mol. The molecule has 12 heavy (non-hydrogen) atoms. The number of anilines is 1. The van der Waals surface area contributed by atoms with Gasteiger partial charge in [0.1, 0.15) is 0 Å².